The Labute approximate surface area is 119 Å². The lowest BCUT2D eigenvalue weighted by Gasteiger charge is -2.28. The van der Waals surface area contributed by atoms with Crippen LogP contribution in [0.3, 0.4) is 0 Å². The van der Waals surface area contributed by atoms with Gasteiger partial charge in [0.25, 0.3) is 5.91 Å². The lowest BCUT2D eigenvalue weighted by Crippen LogP contribution is -2.37. The van der Waals surface area contributed by atoms with E-state index in [-0.39, 0.29) is 5.91 Å². The molecule has 0 atom stereocenters. The van der Waals surface area contributed by atoms with E-state index < -0.39 is 0 Å². The van der Waals surface area contributed by atoms with Crippen LogP contribution >= 0.6 is 0 Å². The van der Waals surface area contributed by atoms with E-state index in [2.05, 4.69) is 15.2 Å². The summed E-state index contributed by atoms with van der Waals surface area (Å²) in [6.07, 6.45) is 4.61. The van der Waals surface area contributed by atoms with E-state index >= 15 is 0 Å². The number of rotatable bonds is 3. The maximum atomic E-state index is 12.2. The molecule has 0 unspecified atom stereocenters. The number of nitrogens with zero attached hydrogens (tertiary/aromatic N) is 2. The number of ether oxygens (including phenoxy) is 1. The Morgan fingerprint density at radius 1 is 1.25 bits per heavy atom. The first-order chi connectivity index (χ1) is 9.83. The molecule has 2 heterocycles. The maximum Gasteiger partial charge on any atom is 0.270 e. The Balaban J connectivity index is 1.67. The van der Waals surface area contributed by atoms with Gasteiger partial charge in [-0.1, -0.05) is 18.9 Å². The van der Waals surface area contributed by atoms with Gasteiger partial charge in [0.05, 0.1) is 13.2 Å². The molecule has 2 fully saturated rings. The molecular weight excluding hydrogens is 254 g/mol. The summed E-state index contributed by atoms with van der Waals surface area (Å²) < 4.78 is 5.34. The first-order valence-corrected chi connectivity index (χ1v) is 7.43. The van der Waals surface area contributed by atoms with E-state index in [1.165, 1.54) is 12.8 Å². The highest BCUT2D eigenvalue weighted by Gasteiger charge is 2.19. The molecule has 0 radical (unpaired) electrons. The number of carbonyl (C=O) groups is 1. The number of aromatic nitrogens is 1. The molecule has 0 bridgehead atoms. The molecule has 1 amide bonds. The van der Waals surface area contributed by atoms with Gasteiger partial charge < -0.3 is 15.0 Å². The number of pyridine rings is 1. The molecule has 1 N–H and O–H groups in total. The largest absolute Gasteiger partial charge is 0.378 e. The first-order valence-electron chi connectivity index (χ1n) is 7.43. The van der Waals surface area contributed by atoms with Crippen molar-refractivity contribution in [2.75, 3.05) is 31.2 Å². The minimum absolute atomic E-state index is 0.0491. The molecule has 0 spiro atoms. The van der Waals surface area contributed by atoms with Crippen molar-refractivity contribution in [3.05, 3.63) is 23.9 Å². The van der Waals surface area contributed by atoms with E-state index in [1.807, 2.05) is 12.1 Å². The number of amides is 1. The number of carbonyl (C=O) groups excluding carboxylic acids is 1. The Kier molecular flexibility index (Phi) is 4.16. The predicted molar refractivity (Wildman–Crippen MR) is 77.0 cm³/mol. The molecule has 1 aliphatic heterocycles. The van der Waals surface area contributed by atoms with Crippen LogP contribution in [0.1, 0.15) is 36.2 Å². The predicted octanol–water partition coefficient (Wildman–Crippen LogP) is 1.59. The van der Waals surface area contributed by atoms with Crippen molar-refractivity contribution in [1.82, 2.24) is 10.3 Å². The topological polar surface area (TPSA) is 54.5 Å². The van der Waals surface area contributed by atoms with Gasteiger partial charge >= 0.3 is 0 Å². The van der Waals surface area contributed by atoms with Crippen LogP contribution in [-0.2, 0) is 4.74 Å². The van der Waals surface area contributed by atoms with Gasteiger partial charge in [-0.2, -0.15) is 0 Å². The molecule has 1 aromatic heterocycles. The van der Waals surface area contributed by atoms with Crippen molar-refractivity contribution in [3.8, 4) is 0 Å². The fourth-order valence-electron chi connectivity index (χ4n) is 2.85. The zero-order valence-corrected chi connectivity index (χ0v) is 11.7. The van der Waals surface area contributed by atoms with Crippen LogP contribution in [0.2, 0.25) is 0 Å². The molecule has 108 valence electrons. The fourth-order valence-corrected chi connectivity index (χ4v) is 2.85. The lowest BCUT2D eigenvalue weighted by atomic mass is 10.2. The summed E-state index contributed by atoms with van der Waals surface area (Å²) in [6, 6.07) is 5.98. The Morgan fingerprint density at radius 3 is 2.75 bits per heavy atom. The Hall–Kier alpha value is -1.62. The van der Waals surface area contributed by atoms with E-state index in [0.717, 1.165) is 45.0 Å². The highest BCUT2D eigenvalue weighted by atomic mass is 16.5. The van der Waals surface area contributed by atoms with Crippen molar-refractivity contribution in [2.45, 2.75) is 31.7 Å². The fraction of sp³-hybridized carbons (Fsp3) is 0.600. The molecule has 5 heteroatoms. The number of nitrogens with one attached hydrogen (secondary N) is 1. The standard InChI is InChI=1S/C15H21N3O2/c19-15(16-12-4-1-2-5-12)13-6-3-7-14(17-13)18-8-10-20-11-9-18/h3,6-7,12H,1-2,4-5,8-11H2,(H,16,19). The summed E-state index contributed by atoms with van der Waals surface area (Å²) in [7, 11) is 0. The second-order valence-corrected chi connectivity index (χ2v) is 5.44. The van der Waals surface area contributed by atoms with Crippen LogP contribution in [0, 0.1) is 0 Å². The van der Waals surface area contributed by atoms with Crippen LogP contribution in [0.5, 0.6) is 0 Å². The van der Waals surface area contributed by atoms with Gasteiger partial charge in [-0.05, 0) is 25.0 Å². The Morgan fingerprint density at radius 2 is 2.00 bits per heavy atom. The summed E-state index contributed by atoms with van der Waals surface area (Å²) in [5.41, 5.74) is 0.515. The SMILES string of the molecule is O=C(NC1CCCC1)c1cccc(N2CCOCC2)n1. The second kappa shape index (κ2) is 6.22. The maximum absolute atomic E-state index is 12.2. The zero-order valence-electron chi connectivity index (χ0n) is 11.7. The van der Waals surface area contributed by atoms with Crippen LogP contribution in [-0.4, -0.2) is 43.2 Å². The Bertz CT molecular complexity index is 466. The van der Waals surface area contributed by atoms with Crippen LogP contribution < -0.4 is 10.2 Å². The zero-order chi connectivity index (χ0) is 13.8. The van der Waals surface area contributed by atoms with Crippen molar-refractivity contribution in [2.24, 2.45) is 0 Å². The summed E-state index contributed by atoms with van der Waals surface area (Å²) in [4.78, 5) is 18.9. The molecule has 1 saturated carbocycles. The van der Waals surface area contributed by atoms with Crippen LogP contribution in [0.25, 0.3) is 0 Å². The van der Waals surface area contributed by atoms with Crippen molar-refractivity contribution >= 4 is 11.7 Å². The molecule has 2 aliphatic rings. The number of hydrogen-bond donors (Lipinski definition) is 1. The van der Waals surface area contributed by atoms with E-state index in [9.17, 15) is 4.79 Å². The van der Waals surface area contributed by atoms with Crippen LogP contribution in [0.4, 0.5) is 5.82 Å². The molecule has 3 rings (SSSR count). The van der Waals surface area contributed by atoms with Crippen molar-refractivity contribution in [3.63, 3.8) is 0 Å². The number of anilines is 1. The summed E-state index contributed by atoms with van der Waals surface area (Å²) in [5.74, 6) is 0.819. The summed E-state index contributed by atoms with van der Waals surface area (Å²) in [5, 5.41) is 3.08. The molecule has 20 heavy (non-hydrogen) atoms. The third kappa shape index (κ3) is 3.10. The highest BCUT2D eigenvalue weighted by molar-refractivity contribution is 5.92. The molecule has 1 saturated heterocycles. The van der Waals surface area contributed by atoms with Gasteiger partial charge in [-0.15, -0.1) is 0 Å². The summed E-state index contributed by atoms with van der Waals surface area (Å²) in [6.45, 7) is 3.11. The minimum Gasteiger partial charge on any atom is -0.378 e. The summed E-state index contributed by atoms with van der Waals surface area (Å²) >= 11 is 0. The quantitative estimate of drug-likeness (QED) is 0.910. The van der Waals surface area contributed by atoms with Gasteiger partial charge in [0.2, 0.25) is 0 Å². The average molecular weight is 275 g/mol. The van der Waals surface area contributed by atoms with E-state index in [1.54, 1.807) is 6.07 Å². The van der Waals surface area contributed by atoms with Crippen LogP contribution in [0.15, 0.2) is 18.2 Å². The van der Waals surface area contributed by atoms with E-state index in [0.29, 0.717) is 11.7 Å². The molecule has 1 aliphatic carbocycles. The third-order valence-electron chi connectivity index (χ3n) is 3.99. The highest BCUT2D eigenvalue weighted by Crippen LogP contribution is 2.18. The van der Waals surface area contributed by atoms with Gasteiger partial charge in [-0.25, -0.2) is 4.98 Å². The van der Waals surface area contributed by atoms with Gasteiger partial charge in [0.1, 0.15) is 11.5 Å². The lowest BCUT2D eigenvalue weighted by molar-refractivity contribution is 0.0932. The van der Waals surface area contributed by atoms with Crippen molar-refractivity contribution < 1.29 is 9.53 Å². The first kappa shape index (κ1) is 13.4. The third-order valence-corrected chi connectivity index (χ3v) is 3.99. The second-order valence-electron chi connectivity index (χ2n) is 5.44. The van der Waals surface area contributed by atoms with Crippen molar-refractivity contribution in [1.29, 1.82) is 0 Å². The number of morpholine rings is 1. The number of hydrogen-bond acceptors (Lipinski definition) is 4. The normalized spacial score (nSPS) is 20.1. The molecular formula is C15H21N3O2. The minimum atomic E-state index is -0.0491. The molecule has 0 aromatic carbocycles. The van der Waals surface area contributed by atoms with Gasteiger partial charge in [0, 0.05) is 19.1 Å². The van der Waals surface area contributed by atoms with Gasteiger partial charge in [0.15, 0.2) is 0 Å². The average Bonchev–Trinajstić information content (AvgIpc) is 3.01. The molecule has 5 nitrogen and oxygen atoms in total. The smallest absolute Gasteiger partial charge is 0.270 e. The molecule has 1 aromatic rings. The monoisotopic (exact) mass is 275 g/mol. The van der Waals surface area contributed by atoms with E-state index in [4.69, 9.17) is 4.74 Å². The van der Waals surface area contributed by atoms with Gasteiger partial charge in [-0.3, -0.25) is 4.79 Å².